The minimum absolute atomic E-state index is 0.254. The number of rotatable bonds is 5. The van der Waals surface area contributed by atoms with Crippen molar-refractivity contribution in [1.29, 1.82) is 0 Å². The summed E-state index contributed by atoms with van der Waals surface area (Å²) >= 11 is 0. The molecule has 4 aliphatic rings. The van der Waals surface area contributed by atoms with Gasteiger partial charge in [-0.25, -0.2) is 0 Å². The highest BCUT2D eigenvalue weighted by molar-refractivity contribution is 5.11. The molecule has 0 aliphatic heterocycles. The molecule has 4 saturated carbocycles. The Labute approximate surface area is 180 Å². The molecule has 2 N–H and O–H groups in total. The maximum atomic E-state index is 10.8. The molecule has 4 rings (SSSR count). The second-order valence-corrected chi connectivity index (χ2v) is 12.7. The van der Waals surface area contributed by atoms with Crippen LogP contribution < -0.4 is 0 Å². The van der Waals surface area contributed by atoms with Crippen LogP contribution in [0.2, 0.25) is 0 Å². The van der Waals surface area contributed by atoms with E-state index in [-0.39, 0.29) is 5.41 Å². The zero-order valence-corrected chi connectivity index (χ0v) is 19.9. The summed E-state index contributed by atoms with van der Waals surface area (Å²) in [7, 11) is 0. The lowest BCUT2D eigenvalue weighted by Crippen LogP contribution is -2.58. The van der Waals surface area contributed by atoms with Gasteiger partial charge in [0.15, 0.2) is 0 Å². The Hall–Kier alpha value is -0.0800. The van der Waals surface area contributed by atoms with Crippen LogP contribution in [-0.2, 0) is 0 Å². The Morgan fingerprint density at radius 3 is 2.14 bits per heavy atom. The van der Waals surface area contributed by atoms with Crippen molar-refractivity contribution < 1.29 is 10.2 Å². The van der Waals surface area contributed by atoms with Gasteiger partial charge in [0.25, 0.3) is 0 Å². The molecule has 0 aromatic heterocycles. The van der Waals surface area contributed by atoms with Gasteiger partial charge in [-0.1, -0.05) is 53.9 Å². The van der Waals surface area contributed by atoms with Crippen LogP contribution in [0.25, 0.3) is 0 Å². The van der Waals surface area contributed by atoms with Gasteiger partial charge in [0.1, 0.15) is 0 Å². The lowest BCUT2D eigenvalue weighted by molar-refractivity contribution is -0.174. The number of hydrogen-bond acceptors (Lipinski definition) is 2. The number of aliphatic hydroxyl groups is 2. The Balaban J connectivity index is 1.48. The van der Waals surface area contributed by atoms with Crippen molar-refractivity contribution in [3.05, 3.63) is 0 Å². The van der Waals surface area contributed by atoms with Crippen molar-refractivity contribution in [2.75, 3.05) is 0 Å². The molecule has 4 aliphatic carbocycles. The first-order valence-electron chi connectivity index (χ1n) is 13.0. The average Bonchev–Trinajstić information content (AvgIpc) is 3.02. The van der Waals surface area contributed by atoms with Crippen LogP contribution in [0.15, 0.2) is 0 Å². The van der Waals surface area contributed by atoms with Gasteiger partial charge in [-0.15, -0.1) is 0 Å². The SMILES string of the molecule is CC(C)CCC[C@@H](C)C1CCC2C3CC[C@H]4C(O)C(O)CCC4(C)C3CCC21C. The van der Waals surface area contributed by atoms with Crippen molar-refractivity contribution in [1.82, 2.24) is 0 Å². The summed E-state index contributed by atoms with van der Waals surface area (Å²) in [5.41, 5.74) is 0.804. The van der Waals surface area contributed by atoms with Gasteiger partial charge < -0.3 is 10.2 Å². The fourth-order valence-electron chi connectivity index (χ4n) is 9.34. The molecule has 29 heavy (non-hydrogen) atoms. The molecule has 0 amide bonds. The smallest absolute Gasteiger partial charge is 0.0832 e. The van der Waals surface area contributed by atoms with Gasteiger partial charge in [-0.2, -0.15) is 0 Å². The molecule has 2 nitrogen and oxygen atoms in total. The number of fused-ring (bicyclic) bond motifs is 5. The van der Waals surface area contributed by atoms with Gasteiger partial charge in [0, 0.05) is 0 Å². The summed E-state index contributed by atoms with van der Waals surface area (Å²) in [6.45, 7) is 12.4. The van der Waals surface area contributed by atoms with Crippen molar-refractivity contribution in [2.24, 2.45) is 52.3 Å². The minimum Gasteiger partial charge on any atom is -0.390 e. The van der Waals surface area contributed by atoms with Crippen LogP contribution in [0.5, 0.6) is 0 Å². The molecule has 4 fully saturated rings. The van der Waals surface area contributed by atoms with Gasteiger partial charge in [-0.3, -0.25) is 0 Å². The monoisotopic (exact) mass is 404 g/mol. The van der Waals surface area contributed by atoms with Crippen molar-refractivity contribution in [2.45, 2.75) is 117 Å². The van der Waals surface area contributed by atoms with Crippen LogP contribution in [-0.4, -0.2) is 22.4 Å². The molecular formula is C27H48O2. The summed E-state index contributed by atoms with van der Waals surface area (Å²) in [5.74, 6) is 5.50. The highest BCUT2D eigenvalue weighted by Crippen LogP contribution is 2.68. The maximum Gasteiger partial charge on any atom is 0.0832 e. The summed E-state index contributed by atoms with van der Waals surface area (Å²) in [6.07, 6.45) is 13.3. The van der Waals surface area contributed by atoms with E-state index in [0.717, 1.165) is 54.8 Å². The van der Waals surface area contributed by atoms with E-state index in [4.69, 9.17) is 0 Å². The Morgan fingerprint density at radius 1 is 0.759 bits per heavy atom. The number of hydrogen-bond donors (Lipinski definition) is 2. The molecule has 0 aromatic rings. The first kappa shape index (κ1) is 22.1. The van der Waals surface area contributed by atoms with E-state index in [1.807, 2.05) is 0 Å². The largest absolute Gasteiger partial charge is 0.390 e. The van der Waals surface area contributed by atoms with Crippen LogP contribution in [0, 0.1) is 52.3 Å². The molecule has 0 heterocycles. The van der Waals surface area contributed by atoms with E-state index in [1.165, 1.54) is 51.4 Å². The second kappa shape index (κ2) is 8.12. The van der Waals surface area contributed by atoms with E-state index in [1.54, 1.807) is 0 Å². The van der Waals surface area contributed by atoms with E-state index in [9.17, 15) is 10.2 Å². The van der Waals surface area contributed by atoms with Gasteiger partial charge in [0.05, 0.1) is 12.2 Å². The lowest BCUT2D eigenvalue weighted by atomic mass is 9.44. The van der Waals surface area contributed by atoms with Crippen molar-refractivity contribution >= 4 is 0 Å². The third-order valence-electron chi connectivity index (χ3n) is 10.9. The predicted molar refractivity (Wildman–Crippen MR) is 120 cm³/mol. The lowest BCUT2D eigenvalue weighted by Gasteiger charge is -2.62. The molecule has 0 bridgehead atoms. The molecule has 0 saturated heterocycles. The summed E-state index contributed by atoms with van der Waals surface area (Å²) in [5, 5.41) is 21.0. The van der Waals surface area contributed by atoms with Crippen LogP contribution >= 0.6 is 0 Å². The van der Waals surface area contributed by atoms with Crippen LogP contribution in [0.3, 0.4) is 0 Å². The topological polar surface area (TPSA) is 40.5 Å². The Bertz CT molecular complexity index is 573. The molecule has 0 aromatic carbocycles. The van der Waals surface area contributed by atoms with Gasteiger partial charge >= 0.3 is 0 Å². The van der Waals surface area contributed by atoms with Crippen molar-refractivity contribution in [3.8, 4) is 0 Å². The average molecular weight is 405 g/mol. The third-order valence-corrected chi connectivity index (χ3v) is 10.9. The van der Waals surface area contributed by atoms with Crippen LogP contribution in [0.1, 0.15) is 105 Å². The fourth-order valence-corrected chi connectivity index (χ4v) is 9.34. The Kier molecular flexibility index (Phi) is 6.19. The fraction of sp³-hybridized carbons (Fsp3) is 1.00. The number of aliphatic hydroxyl groups excluding tert-OH is 2. The van der Waals surface area contributed by atoms with Gasteiger partial charge in [-0.05, 0) is 104 Å². The van der Waals surface area contributed by atoms with E-state index in [2.05, 4.69) is 34.6 Å². The zero-order chi connectivity index (χ0) is 21.0. The highest BCUT2D eigenvalue weighted by atomic mass is 16.3. The second-order valence-electron chi connectivity index (χ2n) is 12.7. The van der Waals surface area contributed by atoms with E-state index >= 15 is 0 Å². The van der Waals surface area contributed by atoms with Crippen molar-refractivity contribution in [3.63, 3.8) is 0 Å². The normalized spacial score (nSPS) is 50.7. The highest BCUT2D eigenvalue weighted by Gasteiger charge is 2.61. The quantitative estimate of drug-likeness (QED) is 0.553. The summed E-state index contributed by atoms with van der Waals surface area (Å²) in [4.78, 5) is 0. The first-order valence-corrected chi connectivity index (χ1v) is 13.0. The van der Waals surface area contributed by atoms with Crippen LogP contribution in [0.4, 0.5) is 0 Å². The minimum atomic E-state index is -0.486. The molecule has 10 atom stereocenters. The van der Waals surface area contributed by atoms with Gasteiger partial charge in [0.2, 0.25) is 0 Å². The van der Waals surface area contributed by atoms with E-state index < -0.39 is 12.2 Å². The standard InChI is InChI=1S/C27H48O2/c1-17(2)7-6-8-18(3)20-11-12-21-19-9-10-23-25(29)24(28)14-16-27(23,5)22(19)13-15-26(20,21)4/h17-25,28-29H,6-16H2,1-5H3/t18-,19?,20?,21?,22?,23+,24?,25?,26?,27?/m1/s1. The molecule has 8 unspecified atom stereocenters. The predicted octanol–water partition coefficient (Wildman–Crippen LogP) is 6.44. The molecular weight excluding hydrogens is 356 g/mol. The summed E-state index contributed by atoms with van der Waals surface area (Å²) < 4.78 is 0. The maximum absolute atomic E-state index is 10.8. The molecule has 0 radical (unpaired) electrons. The summed E-state index contributed by atoms with van der Waals surface area (Å²) in [6, 6.07) is 0. The molecule has 2 heteroatoms. The van der Waals surface area contributed by atoms with E-state index in [0.29, 0.717) is 11.3 Å². The molecule has 0 spiro atoms. The zero-order valence-electron chi connectivity index (χ0n) is 19.9. The first-order chi connectivity index (χ1) is 13.7. The molecule has 168 valence electrons. The third kappa shape index (κ3) is 3.63. The Morgan fingerprint density at radius 2 is 1.41 bits per heavy atom.